The van der Waals surface area contributed by atoms with Crippen molar-refractivity contribution in [3.63, 3.8) is 0 Å². The van der Waals surface area contributed by atoms with Crippen molar-refractivity contribution < 1.29 is 13.2 Å². The number of sulfonamides is 1. The molecule has 1 unspecified atom stereocenters. The molecule has 158 valence electrons. The van der Waals surface area contributed by atoms with Crippen LogP contribution in [0.1, 0.15) is 24.8 Å². The van der Waals surface area contributed by atoms with E-state index in [-0.39, 0.29) is 16.7 Å². The molecule has 0 bridgehead atoms. The zero-order valence-corrected chi connectivity index (χ0v) is 18.3. The van der Waals surface area contributed by atoms with Crippen LogP contribution >= 0.6 is 11.8 Å². The summed E-state index contributed by atoms with van der Waals surface area (Å²) in [6.07, 6.45) is 2.55. The molecule has 2 heterocycles. The van der Waals surface area contributed by atoms with Gasteiger partial charge in [0, 0.05) is 30.1 Å². The highest BCUT2D eigenvalue weighted by atomic mass is 32.2. The van der Waals surface area contributed by atoms with E-state index < -0.39 is 10.0 Å². The molecule has 1 atom stereocenters. The molecule has 1 fully saturated rings. The number of nitrogens with zero attached hydrogens (tertiary/aromatic N) is 2. The van der Waals surface area contributed by atoms with Crippen molar-refractivity contribution in [1.29, 1.82) is 0 Å². The number of likely N-dealkylation sites (tertiary alicyclic amines) is 1. The van der Waals surface area contributed by atoms with Crippen LogP contribution < -0.4 is 5.32 Å². The number of hydrogen-bond donors (Lipinski definition) is 1. The van der Waals surface area contributed by atoms with Gasteiger partial charge in [0.1, 0.15) is 4.90 Å². The topological polar surface area (TPSA) is 78.8 Å². The van der Waals surface area contributed by atoms with Gasteiger partial charge in [-0.25, -0.2) is 0 Å². The van der Waals surface area contributed by atoms with E-state index in [1.54, 1.807) is 30.0 Å². The van der Waals surface area contributed by atoms with Crippen LogP contribution in [0.4, 0.5) is 0 Å². The molecule has 2 aliphatic rings. The quantitative estimate of drug-likeness (QED) is 0.548. The van der Waals surface area contributed by atoms with Gasteiger partial charge in [-0.05, 0) is 49.3 Å². The second-order valence-electron chi connectivity index (χ2n) is 7.48. The number of amides is 1. The van der Waals surface area contributed by atoms with E-state index in [4.69, 9.17) is 0 Å². The molecule has 0 aromatic heterocycles. The molecule has 4 rings (SSSR count). The Labute approximate surface area is 181 Å². The Hall–Kier alpha value is -2.32. The van der Waals surface area contributed by atoms with Crippen molar-refractivity contribution in [3.8, 4) is 0 Å². The Morgan fingerprint density at radius 3 is 2.73 bits per heavy atom. The third kappa shape index (κ3) is 4.70. The zero-order chi connectivity index (χ0) is 21.0. The first-order valence-corrected chi connectivity index (χ1v) is 12.6. The summed E-state index contributed by atoms with van der Waals surface area (Å²) < 4.78 is 28.7. The monoisotopic (exact) mass is 443 g/mol. The summed E-state index contributed by atoms with van der Waals surface area (Å²) in [5.41, 5.74) is 0.636. The summed E-state index contributed by atoms with van der Waals surface area (Å²) in [4.78, 5) is 16.1. The van der Waals surface area contributed by atoms with Crippen molar-refractivity contribution in [2.45, 2.75) is 29.1 Å². The Bertz CT molecular complexity index is 1040. The Morgan fingerprint density at radius 2 is 1.90 bits per heavy atom. The summed E-state index contributed by atoms with van der Waals surface area (Å²) >= 11 is 1.79. The number of hydrogen-bond acceptors (Lipinski definition) is 5. The van der Waals surface area contributed by atoms with Gasteiger partial charge in [0.15, 0.2) is 5.84 Å². The summed E-state index contributed by atoms with van der Waals surface area (Å²) in [6.45, 7) is 1.85. The van der Waals surface area contributed by atoms with E-state index in [1.165, 1.54) is 4.90 Å². The molecular weight excluding hydrogens is 418 g/mol. The van der Waals surface area contributed by atoms with Crippen molar-refractivity contribution in [2.75, 3.05) is 25.4 Å². The SMILES string of the molecule is O=C(NCCCSc1ccccc1)C1CCCN(C2=NS(=O)(=O)c3ccccc32)C1. The normalized spacial score (nSPS) is 19.8. The molecule has 1 N–H and O–H groups in total. The number of carbonyl (C=O) groups is 1. The first kappa shape index (κ1) is 20.9. The van der Waals surface area contributed by atoms with Crippen LogP contribution in [-0.4, -0.2) is 50.4 Å². The lowest BCUT2D eigenvalue weighted by atomic mass is 9.96. The van der Waals surface area contributed by atoms with E-state index in [9.17, 15) is 13.2 Å². The highest BCUT2D eigenvalue weighted by Crippen LogP contribution is 2.29. The minimum absolute atomic E-state index is 0.0409. The van der Waals surface area contributed by atoms with Crippen LogP contribution in [0.15, 0.2) is 68.8 Å². The Morgan fingerprint density at radius 1 is 1.13 bits per heavy atom. The van der Waals surface area contributed by atoms with E-state index >= 15 is 0 Å². The van der Waals surface area contributed by atoms with Gasteiger partial charge in [0.25, 0.3) is 10.0 Å². The number of amidine groups is 1. The lowest BCUT2D eigenvalue weighted by Gasteiger charge is -2.33. The van der Waals surface area contributed by atoms with E-state index in [2.05, 4.69) is 21.8 Å². The number of rotatable bonds is 6. The van der Waals surface area contributed by atoms with Crippen molar-refractivity contribution in [2.24, 2.45) is 10.3 Å². The lowest BCUT2D eigenvalue weighted by molar-refractivity contribution is -0.126. The summed E-state index contributed by atoms with van der Waals surface area (Å²) in [5, 5.41) is 3.05. The summed E-state index contributed by atoms with van der Waals surface area (Å²) in [6, 6.07) is 17.1. The van der Waals surface area contributed by atoms with Crippen LogP contribution in [0.3, 0.4) is 0 Å². The lowest BCUT2D eigenvalue weighted by Crippen LogP contribution is -2.45. The zero-order valence-electron chi connectivity index (χ0n) is 16.7. The predicted molar refractivity (Wildman–Crippen MR) is 119 cm³/mol. The minimum Gasteiger partial charge on any atom is -0.356 e. The highest BCUT2D eigenvalue weighted by Gasteiger charge is 2.35. The average molecular weight is 444 g/mol. The number of benzene rings is 2. The standard InChI is InChI=1S/C22H25N3O3S2/c26-22(23-13-7-15-29-18-9-2-1-3-10-18)17-8-6-14-25(16-17)21-19-11-4-5-12-20(19)30(27,28)24-21/h1-5,9-12,17H,6-8,13-16H2,(H,23,26). The first-order chi connectivity index (χ1) is 14.5. The number of carbonyl (C=O) groups excluding carboxylic acids is 1. The van der Waals surface area contributed by atoms with Crippen molar-refractivity contribution >= 4 is 33.5 Å². The van der Waals surface area contributed by atoms with Crippen LogP contribution in [0.5, 0.6) is 0 Å². The molecule has 30 heavy (non-hydrogen) atoms. The molecule has 0 aliphatic carbocycles. The first-order valence-electron chi connectivity index (χ1n) is 10.2. The molecule has 2 aromatic carbocycles. The molecule has 0 spiro atoms. The van der Waals surface area contributed by atoms with Crippen LogP contribution in [0, 0.1) is 5.92 Å². The number of nitrogens with one attached hydrogen (secondary N) is 1. The van der Waals surface area contributed by atoms with E-state index in [0.29, 0.717) is 31.0 Å². The van der Waals surface area contributed by atoms with Crippen LogP contribution in [0.25, 0.3) is 0 Å². The van der Waals surface area contributed by atoms with Gasteiger partial charge in [-0.3, -0.25) is 4.79 Å². The maximum Gasteiger partial charge on any atom is 0.285 e. The molecule has 0 radical (unpaired) electrons. The van der Waals surface area contributed by atoms with E-state index in [1.807, 2.05) is 29.2 Å². The maximum absolute atomic E-state index is 12.7. The van der Waals surface area contributed by atoms with Crippen LogP contribution in [0.2, 0.25) is 0 Å². The third-order valence-electron chi connectivity index (χ3n) is 5.34. The van der Waals surface area contributed by atoms with Gasteiger partial charge in [-0.15, -0.1) is 16.2 Å². The van der Waals surface area contributed by atoms with Gasteiger partial charge < -0.3 is 10.2 Å². The molecule has 2 aromatic rings. The molecule has 8 heteroatoms. The molecular formula is C22H25N3O3S2. The van der Waals surface area contributed by atoms with Gasteiger partial charge in [0.05, 0.1) is 5.92 Å². The molecule has 0 saturated carbocycles. The minimum atomic E-state index is -3.64. The van der Waals surface area contributed by atoms with Gasteiger partial charge in [-0.2, -0.15) is 8.42 Å². The van der Waals surface area contributed by atoms with Gasteiger partial charge in [0.2, 0.25) is 5.91 Å². The van der Waals surface area contributed by atoms with Crippen LogP contribution in [-0.2, 0) is 14.8 Å². The fourth-order valence-corrected chi connectivity index (χ4v) is 5.94. The van der Waals surface area contributed by atoms with Crippen molar-refractivity contribution in [3.05, 3.63) is 60.2 Å². The largest absolute Gasteiger partial charge is 0.356 e. The molecule has 2 aliphatic heterocycles. The fraction of sp³-hybridized carbons (Fsp3) is 0.364. The molecule has 1 saturated heterocycles. The highest BCUT2D eigenvalue weighted by molar-refractivity contribution is 7.99. The number of thioether (sulfide) groups is 1. The van der Waals surface area contributed by atoms with E-state index in [0.717, 1.165) is 25.0 Å². The molecule has 1 amide bonds. The third-order valence-corrected chi connectivity index (χ3v) is 7.76. The van der Waals surface area contributed by atoms with Gasteiger partial charge in [-0.1, -0.05) is 30.3 Å². The second-order valence-corrected chi connectivity index (χ2v) is 10.2. The fourth-order valence-electron chi connectivity index (χ4n) is 3.83. The number of fused-ring (bicyclic) bond motifs is 1. The Kier molecular flexibility index (Phi) is 6.43. The predicted octanol–water partition coefficient (Wildman–Crippen LogP) is 3.15. The maximum atomic E-state index is 12.7. The number of piperidine rings is 1. The van der Waals surface area contributed by atoms with Crippen molar-refractivity contribution in [1.82, 2.24) is 10.2 Å². The summed E-state index contributed by atoms with van der Waals surface area (Å²) in [5.74, 6) is 1.31. The summed E-state index contributed by atoms with van der Waals surface area (Å²) in [7, 11) is -3.64. The second kappa shape index (κ2) is 9.22. The van der Waals surface area contributed by atoms with Gasteiger partial charge >= 0.3 is 0 Å². The smallest absolute Gasteiger partial charge is 0.285 e. The average Bonchev–Trinajstić information content (AvgIpc) is 3.05. The molecule has 6 nitrogen and oxygen atoms in total. The Balaban J connectivity index is 1.29.